The molecule has 0 unspecified atom stereocenters. The number of benzene rings is 1. The van der Waals surface area contributed by atoms with E-state index in [2.05, 4.69) is 9.97 Å². The maximum Gasteiger partial charge on any atom is 0.251 e. The van der Waals surface area contributed by atoms with Crippen molar-refractivity contribution >= 4 is 29.0 Å². The van der Waals surface area contributed by atoms with E-state index < -0.39 is 0 Å². The fraction of sp³-hybridized carbons (Fsp3) is 0.227. The number of nitrogens with zero attached hydrogens (tertiary/aromatic N) is 3. The van der Waals surface area contributed by atoms with Gasteiger partial charge in [-0.2, -0.15) is 0 Å². The van der Waals surface area contributed by atoms with Crippen LogP contribution in [0.3, 0.4) is 0 Å². The number of carbonyl (C=O) groups is 1. The molecule has 0 spiro atoms. The molecule has 6 heteroatoms. The van der Waals surface area contributed by atoms with Crippen LogP contribution in [0.2, 0.25) is 0 Å². The Morgan fingerprint density at radius 1 is 1.29 bits per heavy atom. The number of amides is 1. The molecule has 0 saturated heterocycles. The topological polar surface area (TPSA) is 55.3 Å². The van der Waals surface area contributed by atoms with E-state index in [-0.39, 0.29) is 11.9 Å². The van der Waals surface area contributed by atoms with Gasteiger partial charge in [0.25, 0.3) is 5.91 Å². The molecule has 0 saturated carbocycles. The number of thiazole rings is 1. The number of hydrogen-bond donors (Lipinski definition) is 0. The van der Waals surface area contributed by atoms with Crippen molar-refractivity contribution in [1.82, 2.24) is 9.97 Å². The van der Waals surface area contributed by atoms with Gasteiger partial charge in [0, 0.05) is 23.7 Å². The van der Waals surface area contributed by atoms with Crippen molar-refractivity contribution in [3.8, 4) is 5.75 Å². The Hall–Kier alpha value is -2.99. The zero-order chi connectivity index (χ0) is 19.9. The van der Waals surface area contributed by atoms with E-state index in [0.717, 1.165) is 27.7 Å². The molecule has 28 heavy (non-hydrogen) atoms. The average molecular weight is 394 g/mol. The SMILES string of the molecule is Cc1nc(COc2cccc(/C=C/C(=O)N(c3cccnc3)C(C)C)c2)cs1. The van der Waals surface area contributed by atoms with E-state index >= 15 is 0 Å². The lowest BCUT2D eigenvalue weighted by Gasteiger charge is -2.25. The highest BCUT2D eigenvalue weighted by atomic mass is 32.1. The number of aryl methyl sites for hydroxylation is 1. The summed E-state index contributed by atoms with van der Waals surface area (Å²) in [5.74, 6) is 0.653. The number of hydrogen-bond acceptors (Lipinski definition) is 5. The number of aromatic nitrogens is 2. The molecule has 5 nitrogen and oxygen atoms in total. The molecule has 0 aliphatic rings. The Morgan fingerprint density at radius 2 is 2.14 bits per heavy atom. The predicted octanol–water partition coefficient (Wildman–Crippen LogP) is 4.88. The minimum atomic E-state index is -0.0905. The molecule has 1 amide bonds. The van der Waals surface area contributed by atoms with Gasteiger partial charge in [-0.15, -0.1) is 11.3 Å². The van der Waals surface area contributed by atoms with Crippen LogP contribution in [0.1, 0.15) is 30.1 Å². The largest absolute Gasteiger partial charge is 0.487 e. The summed E-state index contributed by atoms with van der Waals surface area (Å²) in [6.07, 6.45) is 6.77. The van der Waals surface area contributed by atoms with Crippen molar-refractivity contribution < 1.29 is 9.53 Å². The number of carbonyl (C=O) groups excluding carboxylic acids is 1. The summed E-state index contributed by atoms with van der Waals surface area (Å²) in [5, 5.41) is 3.02. The summed E-state index contributed by atoms with van der Waals surface area (Å²) in [7, 11) is 0. The van der Waals surface area contributed by atoms with Crippen LogP contribution in [0, 0.1) is 6.92 Å². The number of anilines is 1. The van der Waals surface area contributed by atoms with Crippen LogP contribution >= 0.6 is 11.3 Å². The average Bonchev–Trinajstić information content (AvgIpc) is 3.11. The molecule has 0 aliphatic carbocycles. The van der Waals surface area contributed by atoms with Gasteiger partial charge in [0.1, 0.15) is 12.4 Å². The summed E-state index contributed by atoms with van der Waals surface area (Å²) in [6.45, 7) is 6.36. The van der Waals surface area contributed by atoms with Crippen molar-refractivity contribution in [3.63, 3.8) is 0 Å². The maximum atomic E-state index is 12.7. The zero-order valence-corrected chi connectivity index (χ0v) is 17.0. The van der Waals surface area contributed by atoms with Gasteiger partial charge in [-0.1, -0.05) is 12.1 Å². The quantitative estimate of drug-likeness (QED) is 0.537. The molecule has 3 rings (SSSR count). The highest BCUT2D eigenvalue weighted by molar-refractivity contribution is 7.09. The third-order valence-electron chi connectivity index (χ3n) is 4.01. The molecule has 0 radical (unpaired) electrons. The second kappa shape index (κ2) is 9.28. The van der Waals surface area contributed by atoms with Gasteiger partial charge in [0.15, 0.2) is 0 Å². The van der Waals surface area contributed by atoms with E-state index in [1.807, 2.05) is 62.5 Å². The Labute approximate surface area is 169 Å². The van der Waals surface area contributed by atoms with Gasteiger partial charge in [-0.25, -0.2) is 4.98 Å². The zero-order valence-electron chi connectivity index (χ0n) is 16.2. The fourth-order valence-electron chi connectivity index (χ4n) is 2.76. The van der Waals surface area contributed by atoms with E-state index in [4.69, 9.17) is 4.74 Å². The summed E-state index contributed by atoms with van der Waals surface area (Å²) >= 11 is 1.61. The van der Waals surface area contributed by atoms with E-state index in [9.17, 15) is 4.79 Å². The van der Waals surface area contributed by atoms with Crippen LogP contribution in [0.4, 0.5) is 5.69 Å². The van der Waals surface area contributed by atoms with Crippen LogP contribution in [0.15, 0.2) is 60.2 Å². The lowest BCUT2D eigenvalue weighted by Crippen LogP contribution is -2.35. The molecule has 2 aromatic heterocycles. The number of ether oxygens (including phenoxy) is 1. The minimum Gasteiger partial charge on any atom is -0.487 e. The molecule has 0 atom stereocenters. The van der Waals surface area contributed by atoms with E-state index in [1.165, 1.54) is 0 Å². The second-order valence-electron chi connectivity index (χ2n) is 6.57. The monoisotopic (exact) mass is 393 g/mol. The van der Waals surface area contributed by atoms with Crippen molar-refractivity contribution in [2.24, 2.45) is 0 Å². The second-order valence-corrected chi connectivity index (χ2v) is 7.63. The van der Waals surface area contributed by atoms with Gasteiger partial charge in [-0.3, -0.25) is 9.78 Å². The van der Waals surface area contributed by atoms with Gasteiger partial charge in [0.2, 0.25) is 0 Å². The fourth-order valence-corrected chi connectivity index (χ4v) is 3.36. The van der Waals surface area contributed by atoms with Crippen molar-refractivity contribution in [1.29, 1.82) is 0 Å². The summed E-state index contributed by atoms with van der Waals surface area (Å²) in [4.78, 5) is 23.0. The van der Waals surface area contributed by atoms with E-state index in [1.54, 1.807) is 40.8 Å². The summed E-state index contributed by atoms with van der Waals surface area (Å²) in [6, 6.07) is 11.4. The first-order valence-corrected chi connectivity index (χ1v) is 9.96. The first-order chi connectivity index (χ1) is 13.5. The molecule has 1 aromatic carbocycles. The third-order valence-corrected chi connectivity index (χ3v) is 4.83. The Kier molecular flexibility index (Phi) is 6.55. The highest BCUT2D eigenvalue weighted by Crippen LogP contribution is 2.19. The molecular weight excluding hydrogens is 370 g/mol. The Morgan fingerprint density at radius 3 is 2.82 bits per heavy atom. The van der Waals surface area contributed by atoms with Crippen LogP contribution in [-0.2, 0) is 11.4 Å². The smallest absolute Gasteiger partial charge is 0.251 e. The van der Waals surface area contributed by atoms with Crippen molar-refractivity contribution in [2.75, 3.05) is 4.90 Å². The molecule has 0 aliphatic heterocycles. The number of pyridine rings is 1. The Balaban J connectivity index is 1.68. The standard InChI is InChI=1S/C22H23N3O2S/c1-16(2)25(20-7-5-11-23-13-20)22(26)10-9-18-6-4-8-21(12-18)27-14-19-15-28-17(3)24-19/h4-13,15-16H,14H2,1-3H3/b10-9+. The number of rotatable bonds is 7. The maximum absolute atomic E-state index is 12.7. The van der Waals surface area contributed by atoms with Crippen molar-refractivity contribution in [2.45, 2.75) is 33.4 Å². The first kappa shape index (κ1) is 19.8. The summed E-state index contributed by atoms with van der Waals surface area (Å²) < 4.78 is 5.81. The summed E-state index contributed by atoms with van der Waals surface area (Å²) in [5.41, 5.74) is 2.60. The normalized spacial score (nSPS) is 11.1. The minimum absolute atomic E-state index is 0.0255. The van der Waals surface area contributed by atoms with Gasteiger partial charge >= 0.3 is 0 Å². The molecule has 0 N–H and O–H groups in total. The molecule has 2 heterocycles. The first-order valence-electron chi connectivity index (χ1n) is 9.08. The molecular formula is C22H23N3O2S. The van der Waals surface area contributed by atoms with Gasteiger partial charge in [0.05, 0.1) is 22.6 Å². The van der Waals surface area contributed by atoms with Crippen molar-refractivity contribution in [3.05, 3.63) is 76.5 Å². The predicted molar refractivity (Wildman–Crippen MR) is 114 cm³/mol. The van der Waals surface area contributed by atoms with Crippen LogP contribution in [0.25, 0.3) is 6.08 Å². The Bertz CT molecular complexity index is 951. The molecule has 3 aromatic rings. The highest BCUT2D eigenvalue weighted by Gasteiger charge is 2.16. The van der Waals surface area contributed by atoms with Crippen LogP contribution in [-0.4, -0.2) is 21.9 Å². The third kappa shape index (κ3) is 5.27. The molecule has 0 bridgehead atoms. The molecule has 144 valence electrons. The van der Waals surface area contributed by atoms with Crippen LogP contribution < -0.4 is 9.64 Å². The van der Waals surface area contributed by atoms with E-state index in [0.29, 0.717) is 6.61 Å². The lowest BCUT2D eigenvalue weighted by molar-refractivity contribution is -0.114. The lowest BCUT2D eigenvalue weighted by atomic mass is 10.2. The van der Waals surface area contributed by atoms with Gasteiger partial charge in [-0.05, 0) is 56.7 Å². The van der Waals surface area contributed by atoms with Crippen LogP contribution in [0.5, 0.6) is 5.75 Å². The molecule has 0 fully saturated rings. The van der Waals surface area contributed by atoms with Gasteiger partial charge < -0.3 is 9.64 Å².